The van der Waals surface area contributed by atoms with Crippen molar-refractivity contribution in [1.82, 2.24) is 4.98 Å². The Kier molecular flexibility index (Phi) is 4.68. The highest BCUT2D eigenvalue weighted by atomic mass is 32.1. The Balaban J connectivity index is 1.90. The number of amides is 1. The summed E-state index contributed by atoms with van der Waals surface area (Å²) in [5, 5.41) is 3.43. The molecule has 0 aromatic carbocycles. The van der Waals surface area contributed by atoms with E-state index in [2.05, 4.69) is 17.2 Å². The first-order chi connectivity index (χ1) is 8.70. The second-order valence-electron chi connectivity index (χ2n) is 4.45. The van der Waals surface area contributed by atoms with Crippen LogP contribution in [-0.2, 0) is 16.0 Å². The number of aryl methyl sites for hydroxylation is 1. The van der Waals surface area contributed by atoms with Crippen LogP contribution in [0, 0.1) is 5.92 Å². The Bertz CT molecular complexity index is 402. The summed E-state index contributed by atoms with van der Waals surface area (Å²) in [6, 6.07) is -0.470. The highest BCUT2D eigenvalue weighted by Gasteiger charge is 2.26. The molecule has 0 bridgehead atoms. The van der Waals surface area contributed by atoms with Crippen molar-refractivity contribution >= 4 is 22.4 Å². The summed E-state index contributed by atoms with van der Waals surface area (Å²) < 4.78 is 5.27. The van der Waals surface area contributed by atoms with Crippen LogP contribution < -0.4 is 11.1 Å². The Hall–Kier alpha value is -0.980. The SMILES string of the molecule is CCc1cnc(NC(=O)C(N)C2CCOCC2)s1. The molecule has 1 atom stereocenters. The smallest absolute Gasteiger partial charge is 0.243 e. The van der Waals surface area contributed by atoms with Crippen LogP contribution in [0.1, 0.15) is 24.6 Å². The third-order valence-corrected chi connectivity index (χ3v) is 4.27. The summed E-state index contributed by atoms with van der Waals surface area (Å²) in [6.07, 6.45) is 4.43. The van der Waals surface area contributed by atoms with Gasteiger partial charge in [-0.3, -0.25) is 4.79 Å². The highest BCUT2D eigenvalue weighted by Crippen LogP contribution is 2.21. The third-order valence-electron chi connectivity index (χ3n) is 3.21. The summed E-state index contributed by atoms with van der Waals surface area (Å²) in [5.41, 5.74) is 5.99. The molecule has 2 heterocycles. The molecule has 0 spiro atoms. The van der Waals surface area contributed by atoms with E-state index in [4.69, 9.17) is 10.5 Å². The van der Waals surface area contributed by atoms with E-state index in [-0.39, 0.29) is 11.8 Å². The number of nitrogens with two attached hydrogens (primary N) is 1. The molecule has 5 nitrogen and oxygen atoms in total. The molecule has 6 heteroatoms. The largest absolute Gasteiger partial charge is 0.381 e. The molecule has 1 aliphatic heterocycles. The van der Waals surface area contributed by atoms with E-state index < -0.39 is 6.04 Å². The molecule has 1 unspecified atom stereocenters. The van der Waals surface area contributed by atoms with Gasteiger partial charge in [0.1, 0.15) is 0 Å². The number of hydrogen-bond donors (Lipinski definition) is 2. The maximum absolute atomic E-state index is 12.0. The van der Waals surface area contributed by atoms with Crippen molar-refractivity contribution in [2.24, 2.45) is 11.7 Å². The fraction of sp³-hybridized carbons (Fsp3) is 0.667. The molecule has 0 aliphatic carbocycles. The van der Waals surface area contributed by atoms with Crippen LogP contribution in [0.4, 0.5) is 5.13 Å². The standard InChI is InChI=1S/C12H19N3O2S/c1-2-9-7-14-12(18-9)15-11(16)10(13)8-3-5-17-6-4-8/h7-8,10H,2-6,13H2,1H3,(H,14,15,16). The normalized spacial score (nSPS) is 18.6. The molecular formula is C12H19N3O2S. The Morgan fingerprint density at radius 2 is 2.39 bits per heavy atom. The van der Waals surface area contributed by atoms with Gasteiger partial charge in [-0.25, -0.2) is 4.98 Å². The lowest BCUT2D eigenvalue weighted by atomic mass is 9.92. The minimum atomic E-state index is -0.470. The Morgan fingerprint density at radius 3 is 3.00 bits per heavy atom. The van der Waals surface area contributed by atoms with Gasteiger partial charge in [0.25, 0.3) is 0 Å². The lowest BCUT2D eigenvalue weighted by Crippen LogP contribution is -2.43. The van der Waals surface area contributed by atoms with E-state index in [1.165, 1.54) is 11.3 Å². The van der Waals surface area contributed by atoms with Crippen LogP contribution in [0.15, 0.2) is 6.20 Å². The van der Waals surface area contributed by atoms with Gasteiger partial charge in [-0.2, -0.15) is 0 Å². The number of thiazole rings is 1. The summed E-state index contributed by atoms with van der Waals surface area (Å²) in [4.78, 5) is 17.3. The van der Waals surface area contributed by atoms with Crippen LogP contribution in [0.5, 0.6) is 0 Å². The van der Waals surface area contributed by atoms with Gasteiger partial charge < -0.3 is 15.8 Å². The van der Waals surface area contributed by atoms with E-state index in [1.54, 1.807) is 6.20 Å². The van der Waals surface area contributed by atoms with Crippen molar-refractivity contribution in [1.29, 1.82) is 0 Å². The van der Waals surface area contributed by atoms with Crippen molar-refractivity contribution in [2.45, 2.75) is 32.2 Å². The first kappa shape index (κ1) is 13.5. The van der Waals surface area contributed by atoms with Crippen molar-refractivity contribution < 1.29 is 9.53 Å². The van der Waals surface area contributed by atoms with Crippen LogP contribution in [0.3, 0.4) is 0 Å². The molecule has 1 amide bonds. The predicted octanol–water partition coefficient (Wildman–Crippen LogP) is 1.40. The fourth-order valence-electron chi connectivity index (χ4n) is 2.01. The molecule has 1 aliphatic rings. The molecule has 3 N–H and O–H groups in total. The summed E-state index contributed by atoms with van der Waals surface area (Å²) >= 11 is 1.50. The molecule has 100 valence electrons. The van der Waals surface area contributed by atoms with Gasteiger partial charge >= 0.3 is 0 Å². The van der Waals surface area contributed by atoms with Crippen LogP contribution in [-0.4, -0.2) is 30.1 Å². The lowest BCUT2D eigenvalue weighted by molar-refractivity contribution is -0.119. The van der Waals surface area contributed by atoms with Gasteiger partial charge in [-0.15, -0.1) is 11.3 Å². The van der Waals surface area contributed by atoms with Crippen molar-refractivity contribution in [3.05, 3.63) is 11.1 Å². The summed E-state index contributed by atoms with van der Waals surface area (Å²) in [6.45, 7) is 3.46. The van der Waals surface area contributed by atoms with E-state index >= 15 is 0 Å². The van der Waals surface area contributed by atoms with Gasteiger partial charge in [0.2, 0.25) is 5.91 Å². The van der Waals surface area contributed by atoms with Gasteiger partial charge in [0.05, 0.1) is 6.04 Å². The molecule has 1 saturated heterocycles. The number of hydrogen-bond acceptors (Lipinski definition) is 5. The minimum Gasteiger partial charge on any atom is -0.381 e. The number of carbonyl (C=O) groups excluding carboxylic acids is 1. The third kappa shape index (κ3) is 3.28. The minimum absolute atomic E-state index is 0.140. The second-order valence-corrected chi connectivity index (χ2v) is 5.57. The second kappa shape index (κ2) is 6.26. The molecule has 0 saturated carbocycles. The molecule has 0 radical (unpaired) electrons. The number of nitrogens with zero attached hydrogens (tertiary/aromatic N) is 1. The van der Waals surface area contributed by atoms with E-state index in [9.17, 15) is 4.79 Å². The Morgan fingerprint density at radius 1 is 1.67 bits per heavy atom. The zero-order valence-corrected chi connectivity index (χ0v) is 11.3. The average Bonchev–Trinajstić information content (AvgIpc) is 2.86. The average molecular weight is 269 g/mol. The maximum Gasteiger partial charge on any atom is 0.243 e. The van der Waals surface area contributed by atoms with Gasteiger partial charge in [-0.1, -0.05) is 6.92 Å². The van der Waals surface area contributed by atoms with Crippen LogP contribution >= 0.6 is 11.3 Å². The summed E-state index contributed by atoms with van der Waals surface area (Å²) in [7, 11) is 0. The Labute approximate surface area is 111 Å². The van der Waals surface area contributed by atoms with Gasteiger partial charge in [0.15, 0.2) is 5.13 Å². The van der Waals surface area contributed by atoms with Gasteiger partial charge in [0, 0.05) is 24.3 Å². The maximum atomic E-state index is 12.0. The zero-order valence-electron chi connectivity index (χ0n) is 10.5. The number of anilines is 1. The highest BCUT2D eigenvalue weighted by molar-refractivity contribution is 7.15. The fourth-order valence-corrected chi connectivity index (χ4v) is 2.76. The van der Waals surface area contributed by atoms with Crippen LogP contribution in [0.25, 0.3) is 0 Å². The van der Waals surface area contributed by atoms with E-state index in [0.717, 1.165) is 24.1 Å². The molecule has 1 aromatic heterocycles. The number of carbonyl (C=O) groups is 1. The number of nitrogens with one attached hydrogen (secondary N) is 1. The number of ether oxygens (including phenoxy) is 1. The monoisotopic (exact) mass is 269 g/mol. The van der Waals surface area contributed by atoms with Crippen LogP contribution in [0.2, 0.25) is 0 Å². The van der Waals surface area contributed by atoms with E-state index in [0.29, 0.717) is 18.3 Å². The topological polar surface area (TPSA) is 77.2 Å². The number of aromatic nitrogens is 1. The van der Waals surface area contributed by atoms with Gasteiger partial charge in [-0.05, 0) is 25.2 Å². The van der Waals surface area contributed by atoms with Crippen molar-refractivity contribution in [3.8, 4) is 0 Å². The molecule has 1 aromatic rings. The van der Waals surface area contributed by atoms with Crippen molar-refractivity contribution in [2.75, 3.05) is 18.5 Å². The number of rotatable bonds is 4. The first-order valence-corrected chi connectivity index (χ1v) is 7.11. The molecule has 2 rings (SSSR count). The van der Waals surface area contributed by atoms with Crippen molar-refractivity contribution in [3.63, 3.8) is 0 Å². The molecular weight excluding hydrogens is 250 g/mol. The lowest BCUT2D eigenvalue weighted by Gasteiger charge is -2.26. The first-order valence-electron chi connectivity index (χ1n) is 6.29. The molecule has 1 fully saturated rings. The quantitative estimate of drug-likeness (QED) is 0.866. The summed E-state index contributed by atoms with van der Waals surface area (Å²) in [5.74, 6) is 0.0725. The van der Waals surface area contributed by atoms with E-state index in [1.807, 2.05) is 0 Å². The predicted molar refractivity (Wildman–Crippen MR) is 71.6 cm³/mol. The zero-order chi connectivity index (χ0) is 13.0. The molecule has 18 heavy (non-hydrogen) atoms.